The Labute approximate surface area is 232 Å². The highest BCUT2D eigenvalue weighted by molar-refractivity contribution is 5.68. The van der Waals surface area contributed by atoms with Crippen molar-refractivity contribution in [2.75, 3.05) is 57.8 Å². The maximum atomic E-state index is 12.4. The molecule has 0 unspecified atom stereocenters. The smallest absolute Gasteiger partial charge is 0.410 e. The average Bonchev–Trinajstić information content (AvgIpc) is 3.75. The molecule has 39 heavy (non-hydrogen) atoms. The normalized spacial score (nSPS) is 22.7. The lowest BCUT2D eigenvalue weighted by Gasteiger charge is -2.48. The van der Waals surface area contributed by atoms with E-state index >= 15 is 0 Å². The molecule has 1 aromatic carbocycles. The second kappa shape index (κ2) is 11.1. The second-order valence-corrected chi connectivity index (χ2v) is 13.3. The van der Waals surface area contributed by atoms with Crippen LogP contribution < -0.4 is 9.64 Å². The van der Waals surface area contributed by atoms with Gasteiger partial charge in [0, 0.05) is 50.5 Å². The van der Waals surface area contributed by atoms with Crippen LogP contribution in [0.4, 0.5) is 16.2 Å². The molecule has 9 heteroatoms. The highest BCUT2D eigenvalue weighted by Gasteiger charge is 2.40. The summed E-state index contributed by atoms with van der Waals surface area (Å²) in [6.45, 7) is 12.8. The average molecular weight is 543 g/mol. The van der Waals surface area contributed by atoms with Crippen LogP contribution >= 0.6 is 0 Å². The fourth-order valence-electron chi connectivity index (χ4n) is 6.80. The molecule has 3 heterocycles. The van der Waals surface area contributed by atoms with Crippen molar-refractivity contribution in [1.82, 2.24) is 9.80 Å². The lowest BCUT2D eigenvalue weighted by Crippen LogP contribution is -2.49. The van der Waals surface area contributed by atoms with Gasteiger partial charge < -0.3 is 24.2 Å². The Balaban J connectivity index is 1.11. The minimum absolute atomic E-state index is 0.0829. The Bertz CT molecular complexity index is 1040. The van der Waals surface area contributed by atoms with Crippen molar-refractivity contribution in [2.24, 2.45) is 11.3 Å². The van der Waals surface area contributed by atoms with Gasteiger partial charge >= 0.3 is 11.8 Å². The molecule has 5 rings (SSSR count). The van der Waals surface area contributed by atoms with Gasteiger partial charge in [0.1, 0.15) is 5.60 Å². The Hall–Kier alpha value is -2.55. The number of nitrogens with zero attached hydrogens (tertiary/aromatic N) is 4. The summed E-state index contributed by atoms with van der Waals surface area (Å²) >= 11 is 0. The SMILES string of the molecule is COc1cc(N2CCC3(CCN(CC4CCN(C(=O)OC(C)(C)C)CC4)CC3)CC2)c(C2CC2)cc1[N+](=O)[O-]. The summed E-state index contributed by atoms with van der Waals surface area (Å²) in [4.78, 5) is 30.6. The summed E-state index contributed by atoms with van der Waals surface area (Å²) in [5.74, 6) is 1.46. The number of methoxy groups -OCH3 is 1. The van der Waals surface area contributed by atoms with E-state index in [1.54, 1.807) is 6.07 Å². The molecule has 0 aromatic heterocycles. The summed E-state index contributed by atoms with van der Waals surface area (Å²) in [5.41, 5.74) is 2.33. The molecule has 4 aliphatic rings. The molecular weight excluding hydrogens is 496 g/mol. The monoisotopic (exact) mass is 542 g/mol. The van der Waals surface area contributed by atoms with Crippen molar-refractivity contribution in [3.63, 3.8) is 0 Å². The predicted molar refractivity (Wildman–Crippen MR) is 152 cm³/mol. The van der Waals surface area contributed by atoms with Gasteiger partial charge in [-0.1, -0.05) is 0 Å². The number of hydrogen-bond donors (Lipinski definition) is 0. The van der Waals surface area contributed by atoms with Gasteiger partial charge in [-0.3, -0.25) is 10.1 Å². The minimum Gasteiger partial charge on any atom is -0.490 e. The van der Waals surface area contributed by atoms with Crippen molar-refractivity contribution in [2.45, 2.75) is 83.7 Å². The van der Waals surface area contributed by atoms with Crippen LogP contribution in [0.25, 0.3) is 0 Å². The lowest BCUT2D eigenvalue weighted by molar-refractivity contribution is -0.385. The summed E-state index contributed by atoms with van der Waals surface area (Å²) in [5, 5.41) is 11.6. The molecule has 0 atom stereocenters. The van der Waals surface area contributed by atoms with Crippen LogP contribution in [0.15, 0.2) is 12.1 Å². The molecule has 1 aromatic rings. The van der Waals surface area contributed by atoms with Gasteiger partial charge in [-0.25, -0.2) is 4.79 Å². The molecule has 1 amide bonds. The van der Waals surface area contributed by atoms with E-state index in [1.165, 1.54) is 32.8 Å². The summed E-state index contributed by atoms with van der Waals surface area (Å²) in [7, 11) is 1.52. The van der Waals surface area contributed by atoms with Crippen molar-refractivity contribution >= 4 is 17.5 Å². The number of hydrogen-bond acceptors (Lipinski definition) is 7. The predicted octanol–water partition coefficient (Wildman–Crippen LogP) is 5.81. The number of carbonyl (C=O) groups is 1. The Morgan fingerprint density at radius 2 is 1.62 bits per heavy atom. The van der Waals surface area contributed by atoms with Gasteiger partial charge in [-0.05, 0) is 108 Å². The van der Waals surface area contributed by atoms with Crippen LogP contribution in [-0.4, -0.2) is 79.3 Å². The maximum absolute atomic E-state index is 12.4. The molecule has 216 valence electrons. The summed E-state index contributed by atoms with van der Waals surface area (Å²) in [6, 6.07) is 3.69. The molecule has 3 saturated heterocycles. The number of nitro groups is 1. The van der Waals surface area contributed by atoms with Crippen LogP contribution in [0, 0.1) is 21.4 Å². The van der Waals surface area contributed by atoms with Crippen LogP contribution in [0.5, 0.6) is 5.75 Å². The molecular formula is C30H46N4O5. The van der Waals surface area contributed by atoms with Gasteiger partial charge in [0.2, 0.25) is 0 Å². The van der Waals surface area contributed by atoms with E-state index < -0.39 is 5.60 Å². The van der Waals surface area contributed by atoms with Gasteiger partial charge in [0.15, 0.2) is 5.75 Å². The molecule has 9 nitrogen and oxygen atoms in total. The number of likely N-dealkylation sites (tertiary alicyclic amines) is 2. The molecule has 3 aliphatic heterocycles. The number of amides is 1. The number of anilines is 1. The highest BCUT2D eigenvalue weighted by Crippen LogP contribution is 2.50. The molecule has 0 bridgehead atoms. The fourth-order valence-corrected chi connectivity index (χ4v) is 6.80. The van der Waals surface area contributed by atoms with Gasteiger partial charge in [0.05, 0.1) is 12.0 Å². The van der Waals surface area contributed by atoms with E-state index in [-0.39, 0.29) is 16.7 Å². The van der Waals surface area contributed by atoms with Crippen LogP contribution in [-0.2, 0) is 4.74 Å². The number of rotatable bonds is 6. The van der Waals surface area contributed by atoms with Crippen LogP contribution in [0.3, 0.4) is 0 Å². The zero-order valence-electron chi connectivity index (χ0n) is 24.2. The third-order valence-corrected chi connectivity index (χ3v) is 9.41. The minimum atomic E-state index is -0.442. The molecule has 0 N–H and O–H groups in total. The number of ether oxygens (including phenoxy) is 2. The third kappa shape index (κ3) is 6.61. The first kappa shape index (κ1) is 28.0. The van der Waals surface area contributed by atoms with Crippen molar-refractivity contribution in [1.29, 1.82) is 0 Å². The fraction of sp³-hybridized carbons (Fsp3) is 0.767. The van der Waals surface area contributed by atoms with E-state index in [0.29, 0.717) is 23.0 Å². The van der Waals surface area contributed by atoms with E-state index in [1.807, 2.05) is 31.7 Å². The number of nitro benzene ring substituents is 1. The highest BCUT2D eigenvalue weighted by atomic mass is 16.6. The molecule has 0 radical (unpaired) electrons. The first-order valence-corrected chi connectivity index (χ1v) is 14.9. The zero-order chi connectivity index (χ0) is 27.8. The van der Waals surface area contributed by atoms with E-state index in [2.05, 4.69) is 9.80 Å². The Morgan fingerprint density at radius 1 is 1.00 bits per heavy atom. The Morgan fingerprint density at radius 3 is 2.15 bits per heavy atom. The first-order valence-electron chi connectivity index (χ1n) is 14.9. The second-order valence-electron chi connectivity index (χ2n) is 13.3. The molecule has 4 fully saturated rings. The zero-order valence-corrected chi connectivity index (χ0v) is 24.2. The molecule has 1 spiro atoms. The van der Waals surface area contributed by atoms with Crippen LogP contribution in [0.2, 0.25) is 0 Å². The summed E-state index contributed by atoms with van der Waals surface area (Å²) in [6.07, 6.45) is 9.01. The van der Waals surface area contributed by atoms with E-state index in [0.717, 1.165) is 82.7 Å². The largest absolute Gasteiger partial charge is 0.490 e. The number of piperidine rings is 3. The number of benzene rings is 1. The Kier molecular flexibility index (Phi) is 8.00. The maximum Gasteiger partial charge on any atom is 0.410 e. The van der Waals surface area contributed by atoms with Gasteiger partial charge in [-0.2, -0.15) is 0 Å². The van der Waals surface area contributed by atoms with Gasteiger partial charge in [0.25, 0.3) is 0 Å². The number of carbonyl (C=O) groups excluding carboxylic acids is 1. The van der Waals surface area contributed by atoms with Crippen molar-refractivity contribution in [3.05, 3.63) is 27.8 Å². The van der Waals surface area contributed by atoms with Gasteiger partial charge in [-0.15, -0.1) is 0 Å². The summed E-state index contributed by atoms with van der Waals surface area (Å²) < 4.78 is 11.0. The quantitative estimate of drug-likeness (QED) is 0.331. The first-order chi connectivity index (χ1) is 18.6. The van der Waals surface area contributed by atoms with Crippen molar-refractivity contribution in [3.8, 4) is 5.75 Å². The molecule has 1 aliphatic carbocycles. The van der Waals surface area contributed by atoms with E-state index in [9.17, 15) is 14.9 Å². The van der Waals surface area contributed by atoms with Crippen molar-refractivity contribution < 1.29 is 19.2 Å². The molecule has 1 saturated carbocycles. The third-order valence-electron chi connectivity index (χ3n) is 9.41. The topological polar surface area (TPSA) is 88.4 Å². The standard InChI is InChI=1S/C30H46N4O5/c1-29(2,3)39-28(35)33-13-7-22(8-14-33)21-31-15-9-30(10-16-31)11-17-32(18-12-30)25-20-27(38-4)26(34(36)37)19-24(25)23-5-6-23/h19-20,22-23H,5-18,21H2,1-4H3. The van der Waals surface area contributed by atoms with Crippen LogP contribution in [0.1, 0.15) is 83.6 Å². The van der Waals surface area contributed by atoms with E-state index in [4.69, 9.17) is 9.47 Å². The lowest BCUT2D eigenvalue weighted by atomic mass is 9.71.